The molecular weight excluding hydrogens is 160 g/mol. The van der Waals surface area contributed by atoms with Gasteiger partial charge in [-0.1, -0.05) is 39.8 Å². The number of nitrogens with two attached hydrogens (primary N) is 2. The van der Waals surface area contributed by atoms with Gasteiger partial charge >= 0.3 is 0 Å². The molecule has 76 valence electrons. The third kappa shape index (κ3) is 7.34. The fourth-order valence-electron chi connectivity index (χ4n) is 0.720. The van der Waals surface area contributed by atoms with Gasteiger partial charge in [-0.3, -0.25) is 0 Å². The van der Waals surface area contributed by atoms with Crippen LogP contribution in [0.25, 0.3) is 0 Å². The first-order valence-corrected chi connectivity index (χ1v) is 4.87. The van der Waals surface area contributed by atoms with Crippen molar-refractivity contribution in [3.05, 3.63) is 29.8 Å². The highest BCUT2D eigenvalue weighted by atomic mass is 14.6. The lowest BCUT2D eigenvalue weighted by molar-refractivity contribution is 1.07. The summed E-state index contributed by atoms with van der Waals surface area (Å²) in [6.07, 6.45) is 0. The van der Waals surface area contributed by atoms with Crippen molar-refractivity contribution in [3.63, 3.8) is 0 Å². The molecule has 0 atom stereocenters. The summed E-state index contributed by atoms with van der Waals surface area (Å²) in [6, 6.07) is 7.58. The summed E-state index contributed by atoms with van der Waals surface area (Å²) in [5.41, 5.74) is 12.7. The highest BCUT2D eigenvalue weighted by molar-refractivity contribution is 5.40. The molecule has 0 amide bonds. The van der Waals surface area contributed by atoms with Crippen molar-refractivity contribution in [1.82, 2.24) is 0 Å². The average Bonchev–Trinajstić information content (AvgIpc) is 2.24. The second kappa shape index (κ2) is 11.0. The Morgan fingerprint density at radius 3 is 1.92 bits per heavy atom. The van der Waals surface area contributed by atoms with Crippen LogP contribution in [0.1, 0.15) is 33.3 Å². The molecule has 0 bridgehead atoms. The maximum absolute atomic E-state index is 5.48. The highest BCUT2D eigenvalue weighted by Crippen LogP contribution is 2.04. The zero-order valence-corrected chi connectivity index (χ0v) is 9.17. The molecule has 0 aliphatic heterocycles. The molecule has 1 aromatic carbocycles. The number of rotatable bonds is 1. The van der Waals surface area contributed by atoms with Crippen molar-refractivity contribution in [2.24, 2.45) is 5.73 Å². The van der Waals surface area contributed by atoms with Gasteiger partial charge in [-0.2, -0.15) is 0 Å². The first kappa shape index (κ1) is 14.5. The van der Waals surface area contributed by atoms with Crippen LogP contribution in [0, 0.1) is 0 Å². The molecule has 0 aliphatic carbocycles. The predicted molar refractivity (Wildman–Crippen MR) is 61.4 cm³/mol. The quantitative estimate of drug-likeness (QED) is 0.656. The summed E-state index contributed by atoms with van der Waals surface area (Å²) in [4.78, 5) is 0. The van der Waals surface area contributed by atoms with Gasteiger partial charge in [0.1, 0.15) is 0 Å². The standard InChI is InChI=1S/C7H10N2.2C2H6/c8-5-6-2-1-3-7(9)4-6;2*1-2/h1-4H,5,8-9H2;2*1-2H3. The zero-order chi connectivity index (χ0) is 10.7. The molecule has 2 heteroatoms. The maximum atomic E-state index is 5.48. The fraction of sp³-hybridized carbons (Fsp3) is 0.455. The molecule has 0 saturated heterocycles. The molecule has 1 aromatic rings. The van der Waals surface area contributed by atoms with E-state index in [1.807, 2.05) is 52.0 Å². The Kier molecular flexibility index (Phi) is 12.2. The van der Waals surface area contributed by atoms with E-state index in [4.69, 9.17) is 11.5 Å². The summed E-state index contributed by atoms with van der Waals surface area (Å²) in [5, 5.41) is 0. The van der Waals surface area contributed by atoms with Crippen molar-refractivity contribution in [2.75, 3.05) is 5.73 Å². The molecule has 0 spiro atoms. The summed E-state index contributed by atoms with van der Waals surface area (Å²) in [7, 11) is 0. The van der Waals surface area contributed by atoms with Crippen molar-refractivity contribution < 1.29 is 0 Å². The molecule has 13 heavy (non-hydrogen) atoms. The summed E-state index contributed by atoms with van der Waals surface area (Å²) < 4.78 is 0. The Morgan fingerprint density at radius 2 is 1.62 bits per heavy atom. The Morgan fingerprint density at radius 1 is 1.08 bits per heavy atom. The Balaban J connectivity index is 0. The normalized spacial score (nSPS) is 7.46. The van der Waals surface area contributed by atoms with Crippen molar-refractivity contribution in [2.45, 2.75) is 34.2 Å². The van der Waals surface area contributed by atoms with Crippen molar-refractivity contribution in [1.29, 1.82) is 0 Å². The largest absolute Gasteiger partial charge is 0.399 e. The Hall–Kier alpha value is -1.02. The summed E-state index contributed by atoms with van der Waals surface area (Å²) in [6.45, 7) is 8.56. The van der Waals surface area contributed by atoms with Gasteiger partial charge in [0, 0.05) is 12.2 Å². The van der Waals surface area contributed by atoms with E-state index in [2.05, 4.69) is 0 Å². The van der Waals surface area contributed by atoms with Crippen LogP contribution in [0.4, 0.5) is 5.69 Å². The molecular formula is C11H22N2. The van der Waals surface area contributed by atoms with E-state index >= 15 is 0 Å². The maximum Gasteiger partial charge on any atom is 0.0317 e. The fourth-order valence-corrected chi connectivity index (χ4v) is 0.720. The predicted octanol–water partition coefficient (Wildman–Crippen LogP) is 2.78. The second-order valence-corrected chi connectivity index (χ2v) is 1.95. The van der Waals surface area contributed by atoms with Crippen LogP contribution in [-0.4, -0.2) is 0 Å². The molecule has 1 rings (SSSR count). The minimum atomic E-state index is 0.561. The van der Waals surface area contributed by atoms with Crippen LogP contribution in [-0.2, 0) is 6.54 Å². The first-order valence-electron chi connectivity index (χ1n) is 4.87. The Bertz CT molecular complexity index is 197. The third-order valence-corrected chi connectivity index (χ3v) is 1.19. The van der Waals surface area contributed by atoms with E-state index in [1.165, 1.54) is 0 Å². The topological polar surface area (TPSA) is 52.0 Å². The van der Waals surface area contributed by atoms with Crippen LogP contribution < -0.4 is 11.5 Å². The van der Waals surface area contributed by atoms with Crippen LogP contribution in [0.2, 0.25) is 0 Å². The minimum absolute atomic E-state index is 0.561. The molecule has 0 heterocycles. The van der Waals surface area contributed by atoms with Gasteiger partial charge < -0.3 is 11.5 Å². The molecule has 0 aromatic heterocycles. The van der Waals surface area contributed by atoms with Gasteiger partial charge in [0.25, 0.3) is 0 Å². The third-order valence-electron chi connectivity index (χ3n) is 1.19. The van der Waals surface area contributed by atoms with Crippen LogP contribution in [0.15, 0.2) is 24.3 Å². The molecule has 2 nitrogen and oxygen atoms in total. The van der Waals surface area contributed by atoms with Crippen molar-refractivity contribution >= 4 is 5.69 Å². The van der Waals surface area contributed by atoms with Gasteiger partial charge in [-0.15, -0.1) is 0 Å². The molecule has 4 N–H and O–H groups in total. The monoisotopic (exact) mass is 182 g/mol. The lowest BCUT2D eigenvalue weighted by atomic mass is 10.2. The molecule has 0 saturated carbocycles. The molecule has 0 radical (unpaired) electrons. The SMILES string of the molecule is CC.CC.NCc1cccc(N)c1. The number of anilines is 1. The zero-order valence-electron chi connectivity index (χ0n) is 9.17. The van der Waals surface area contributed by atoms with Crippen LogP contribution in [0.5, 0.6) is 0 Å². The lowest BCUT2D eigenvalue weighted by Gasteiger charge is -1.95. The molecule has 0 aliphatic rings. The number of hydrogen-bond acceptors (Lipinski definition) is 2. The van der Waals surface area contributed by atoms with Crippen molar-refractivity contribution in [3.8, 4) is 0 Å². The van der Waals surface area contributed by atoms with Crippen LogP contribution >= 0.6 is 0 Å². The molecule has 0 unspecified atom stereocenters. The second-order valence-electron chi connectivity index (χ2n) is 1.95. The van der Waals surface area contributed by atoms with E-state index in [0.717, 1.165) is 11.3 Å². The van der Waals surface area contributed by atoms with Gasteiger partial charge in [0.2, 0.25) is 0 Å². The van der Waals surface area contributed by atoms with E-state index in [9.17, 15) is 0 Å². The minimum Gasteiger partial charge on any atom is -0.399 e. The number of benzene rings is 1. The van der Waals surface area contributed by atoms with E-state index in [-0.39, 0.29) is 0 Å². The lowest BCUT2D eigenvalue weighted by Crippen LogP contribution is -1.96. The number of nitrogen functional groups attached to an aromatic ring is 1. The first-order chi connectivity index (χ1) is 6.33. The van der Waals surface area contributed by atoms with E-state index < -0.39 is 0 Å². The van der Waals surface area contributed by atoms with Gasteiger partial charge in [-0.05, 0) is 17.7 Å². The average molecular weight is 182 g/mol. The van der Waals surface area contributed by atoms with Gasteiger partial charge in [0.05, 0.1) is 0 Å². The summed E-state index contributed by atoms with van der Waals surface area (Å²) in [5.74, 6) is 0. The van der Waals surface area contributed by atoms with Gasteiger partial charge in [-0.25, -0.2) is 0 Å². The smallest absolute Gasteiger partial charge is 0.0317 e. The van der Waals surface area contributed by atoms with Crippen LogP contribution in [0.3, 0.4) is 0 Å². The Labute approximate surface area is 81.9 Å². The molecule has 0 fully saturated rings. The number of hydrogen-bond donors (Lipinski definition) is 2. The van der Waals surface area contributed by atoms with Gasteiger partial charge in [0.15, 0.2) is 0 Å². The highest BCUT2D eigenvalue weighted by Gasteiger charge is 1.86. The van der Waals surface area contributed by atoms with E-state index in [1.54, 1.807) is 0 Å². The summed E-state index contributed by atoms with van der Waals surface area (Å²) >= 11 is 0. The van der Waals surface area contributed by atoms with E-state index in [0.29, 0.717) is 6.54 Å².